The molecule has 0 radical (unpaired) electrons. The maximum atomic E-state index is 15.3. The van der Waals surface area contributed by atoms with Crippen molar-refractivity contribution >= 4 is 54.5 Å². The number of benzene rings is 1. The average Bonchev–Trinajstić information content (AvgIpc) is 3.98. The Balaban J connectivity index is 1.12. The first-order valence-corrected chi connectivity index (χ1v) is 21.6. The third kappa shape index (κ3) is 6.65. The molecule has 0 aliphatic carbocycles. The Bertz CT molecular complexity index is 2450. The van der Waals surface area contributed by atoms with Gasteiger partial charge in [-0.05, 0) is 96.9 Å². The molecule has 1 unspecified atom stereocenters. The van der Waals surface area contributed by atoms with E-state index in [1.807, 2.05) is 31.7 Å². The third-order valence-corrected chi connectivity index (χ3v) is 14.0. The number of hydrogen-bond acceptors (Lipinski definition) is 11. The largest absolute Gasteiger partial charge is 0.461 e. The lowest BCUT2D eigenvalue weighted by molar-refractivity contribution is -0.137. The van der Waals surface area contributed by atoms with E-state index >= 15 is 13.2 Å². The van der Waals surface area contributed by atoms with Gasteiger partial charge in [-0.1, -0.05) is 0 Å². The number of aromatic nitrogens is 5. The molecular weight excluding hydrogens is 789 g/mol. The number of pyridine rings is 1. The molecule has 314 valence electrons. The topological polar surface area (TPSA) is 111 Å². The van der Waals surface area contributed by atoms with Gasteiger partial charge >= 0.3 is 18.3 Å². The zero-order valence-electron chi connectivity index (χ0n) is 33.6. The fourth-order valence-corrected chi connectivity index (χ4v) is 11.6. The van der Waals surface area contributed by atoms with E-state index in [9.17, 15) is 9.18 Å². The highest BCUT2D eigenvalue weighted by Gasteiger charge is 2.50. The zero-order chi connectivity index (χ0) is 41.0. The molecule has 10 rings (SSSR count). The smallest absolute Gasteiger partial charge is 0.417 e. The van der Waals surface area contributed by atoms with Gasteiger partial charge in [0.25, 0.3) is 0 Å². The van der Waals surface area contributed by atoms with Crippen LogP contribution < -0.4 is 9.64 Å². The highest BCUT2D eigenvalue weighted by molar-refractivity contribution is 7.26. The van der Waals surface area contributed by atoms with E-state index in [1.54, 1.807) is 16.9 Å². The zero-order valence-corrected chi connectivity index (χ0v) is 34.5. The Morgan fingerprint density at radius 1 is 1.05 bits per heavy atom. The number of thiophene rings is 1. The summed E-state index contributed by atoms with van der Waals surface area (Å²) < 4.78 is 81.0. The second-order valence-corrected chi connectivity index (χ2v) is 19.0. The molecule has 4 aromatic heterocycles. The summed E-state index contributed by atoms with van der Waals surface area (Å²) in [6.07, 6.45) is 3.01. The van der Waals surface area contributed by atoms with Crippen LogP contribution in [0.1, 0.15) is 89.5 Å². The minimum Gasteiger partial charge on any atom is -0.461 e. The van der Waals surface area contributed by atoms with Crippen LogP contribution >= 0.6 is 11.3 Å². The maximum absolute atomic E-state index is 15.3. The van der Waals surface area contributed by atoms with Gasteiger partial charge in [-0.2, -0.15) is 28.2 Å². The van der Waals surface area contributed by atoms with Gasteiger partial charge in [0.15, 0.2) is 6.23 Å². The summed E-state index contributed by atoms with van der Waals surface area (Å²) >= 11 is 1.25. The van der Waals surface area contributed by atoms with Gasteiger partial charge in [0, 0.05) is 55.2 Å². The van der Waals surface area contributed by atoms with E-state index < -0.39 is 29.1 Å². The van der Waals surface area contributed by atoms with E-state index in [0.29, 0.717) is 76.1 Å². The summed E-state index contributed by atoms with van der Waals surface area (Å²) in [6, 6.07) is 3.22. The van der Waals surface area contributed by atoms with Crippen LogP contribution in [0.3, 0.4) is 0 Å². The molecule has 12 nitrogen and oxygen atoms in total. The standard InChI is InChI=1S/C42H48F4N8O4S/c1-23-16-29-28(18-48-54(29)30-8-5-6-15-56-30)31(33(23)42(44,45)46)34-35-27(11-13-47-34)32-36(51-20-25-9-10-26(21-51)53(25)39(55)58-40(2,3)4)49-38(50-37(32)59-35)57-22-41-12-7-14-52(41)19-24(43)17-41/h11,13,16,18,24-26,30H,5-10,12,14-15,17,19-22H2,1-4H3/t24-,25-,26+,30?,41+/m1/s1. The van der Waals surface area contributed by atoms with Crippen LogP contribution in [0.25, 0.3) is 42.5 Å². The number of carbonyl (C=O) groups is 1. The molecule has 17 heteroatoms. The number of halogens is 4. The van der Waals surface area contributed by atoms with Gasteiger partial charge in [0.2, 0.25) is 0 Å². The average molecular weight is 837 g/mol. The van der Waals surface area contributed by atoms with Crippen molar-refractivity contribution in [3.05, 3.63) is 35.7 Å². The van der Waals surface area contributed by atoms with Crippen LogP contribution in [-0.4, -0.2) is 109 Å². The van der Waals surface area contributed by atoms with Crippen molar-refractivity contribution in [2.24, 2.45) is 0 Å². The first-order valence-electron chi connectivity index (χ1n) is 20.7. The SMILES string of the molecule is Cc1cc2c(cnn2C2CCCCO2)c(-c2nccc3c2sc2nc(OC[C@@]45CCCN4C[C@H](F)C5)nc(N4C[C@H]5CC[C@@H](C4)N5C(=O)OC(C)(C)C)c23)c1C(F)(F)F. The van der Waals surface area contributed by atoms with E-state index in [1.165, 1.54) is 24.5 Å². The Morgan fingerprint density at radius 3 is 2.58 bits per heavy atom. The summed E-state index contributed by atoms with van der Waals surface area (Å²) in [7, 11) is 0. The lowest BCUT2D eigenvalue weighted by Crippen LogP contribution is -2.57. The molecule has 2 bridgehead atoms. The number of ether oxygens (including phenoxy) is 3. The van der Waals surface area contributed by atoms with Crippen molar-refractivity contribution < 1.29 is 36.6 Å². The van der Waals surface area contributed by atoms with Crippen LogP contribution in [0.4, 0.5) is 28.2 Å². The summed E-state index contributed by atoms with van der Waals surface area (Å²) in [6.45, 7) is 9.95. The molecule has 1 amide bonds. The molecule has 5 fully saturated rings. The van der Waals surface area contributed by atoms with Crippen molar-refractivity contribution in [2.75, 3.05) is 44.3 Å². The minimum atomic E-state index is -4.69. The number of amides is 1. The van der Waals surface area contributed by atoms with Crippen LogP contribution in [-0.2, 0) is 15.7 Å². The number of aryl methyl sites for hydroxylation is 1. The van der Waals surface area contributed by atoms with Crippen LogP contribution in [0, 0.1) is 6.92 Å². The molecule has 9 heterocycles. The number of alkyl halides is 4. The molecule has 0 N–H and O–H groups in total. The summed E-state index contributed by atoms with van der Waals surface area (Å²) in [5, 5.41) is 6.29. The highest BCUT2D eigenvalue weighted by atomic mass is 32.1. The Labute approximate surface area is 342 Å². The van der Waals surface area contributed by atoms with Crippen molar-refractivity contribution in [3.63, 3.8) is 0 Å². The number of nitrogens with zero attached hydrogens (tertiary/aromatic N) is 8. The lowest BCUT2D eigenvalue weighted by Gasteiger charge is -2.42. The molecule has 0 saturated carbocycles. The molecule has 1 aromatic carbocycles. The number of rotatable bonds is 6. The lowest BCUT2D eigenvalue weighted by atomic mass is 9.94. The number of fused-ring (bicyclic) bond motifs is 7. The molecular formula is C42H48F4N8O4S. The Morgan fingerprint density at radius 2 is 1.85 bits per heavy atom. The Kier molecular flexibility index (Phi) is 9.29. The molecule has 59 heavy (non-hydrogen) atoms. The molecule has 5 aromatic rings. The van der Waals surface area contributed by atoms with E-state index in [4.69, 9.17) is 29.2 Å². The molecule has 0 spiro atoms. The van der Waals surface area contributed by atoms with E-state index in [2.05, 4.69) is 14.9 Å². The first-order chi connectivity index (χ1) is 28.2. The van der Waals surface area contributed by atoms with Gasteiger partial charge < -0.3 is 19.1 Å². The van der Waals surface area contributed by atoms with Crippen molar-refractivity contribution in [1.82, 2.24) is 34.5 Å². The van der Waals surface area contributed by atoms with Crippen molar-refractivity contribution in [3.8, 4) is 17.3 Å². The Hall–Kier alpha value is -4.35. The second kappa shape index (κ2) is 14.1. The van der Waals surface area contributed by atoms with Gasteiger partial charge in [-0.3, -0.25) is 14.8 Å². The first kappa shape index (κ1) is 38.8. The van der Waals surface area contributed by atoms with Gasteiger partial charge in [0.1, 0.15) is 29.0 Å². The maximum Gasteiger partial charge on any atom is 0.417 e. The number of carbonyl (C=O) groups excluding carboxylic acids is 1. The second-order valence-electron chi connectivity index (χ2n) is 18.0. The molecule has 5 aliphatic rings. The summed E-state index contributed by atoms with van der Waals surface area (Å²) in [5.41, 5.74) is -1.09. The van der Waals surface area contributed by atoms with Gasteiger partial charge in [0.05, 0.1) is 50.7 Å². The van der Waals surface area contributed by atoms with Crippen LogP contribution in [0.2, 0.25) is 0 Å². The predicted molar refractivity (Wildman–Crippen MR) is 216 cm³/mol. The summed E-state index contributed by atoms with van der Waals surface area (Å²) in [5.74, 6) is 0.581. The molecule has 5 saturated heterocycles. The quantitative estimate of drug-likeness (QED) is 0.154. The van der Waals surface area contributed by atoms with Crippen molar-refractivity contribution in [2.45, 2.75) is 121 Å². The molecule has 5 atom stereocenters. The predicted octanol–water partition coefficient (Wildman–Crippen LogP) is 8.83. The molecule has 5 aliphatic heterocycles. The fraction of sp³-hybridized carbons (Fsp3) is 0.595. The number of anilines is 1. The van der Waals surface area contributed by atoms with Crippen LogP contribution in [0.5, 0.6) is 6.01 Å². The number of hydrogen-bond donors (Lipinski definition) is 0. The van der Waals surface area contributed by atoms with Gasteiger partial charge in [-0.15, -0.1) is 11.3 Å². The minimum absolute atomic E-state index is 0.0378. The van der Waals surface area contributed by atoms with Crippen LogP contribution in [0.15, 0.2) is 24.5 Å². The number of piperazine rings is 1. The summed E-state index contributed by atoms with van der Waals surface area (Å²) in [4.78, 5) is 34.8. The third-order valence-electron chi connectivity index (χ3n) is 12.9. The van der Waals surface area contributed by atoms with Crippen molar-refractivity contribution in [1.29, 1.82) is 0 Å². The fourth-order valence-electron chi connectivity index (χ4n) is 10.4. The van der Waals surface area contributed by atoms with E-state index in [-0.39, 0.29) is 53.8 Å². The highest BCUT2D eigenvalue weighted by Crippen LogP contribution is 2.49. The van der Waals surface area contributed by atoms with Gasteiger partial charge in [-0.25, -0.2) is 13.9 Å². The monoisotopic (exact) mass is 836 g/mol. The van der Waals surface area contributed by atoms with E-state index in [0.717, 1.165) is 45.1 Å². The normalized spacial score (nSPS) is 26.4.